The lowest BCUT2D eigenvalue weighted by molar-refractivity contribution is 0.0696. The molecule has 102 valence electrons. The molecule has 0 aromatic heterocycles. The van der Waals surface area contributed by atoms with Crippen molar-refractivity contribution >= 4 is 17.6 Å². The van der Waals surface area contributed by atoms with Gasteiger partial charge in [0, 0.05) is 11.3 Å². The molecule has 4 nitrogen and oxygen atoms in total. The van der Waals surface area contributed by atoms with Crippen molar-refractivity contribution in [1.82, 2.24) is 0 Å². The van der Waals surface area contributed by atoms with E-state index >= 15 is 0 Å². The number of aryl methyl sites for hydroxylation is 2. The van der Waals surface area contributed by atoms with Crippen LogP contribution in [0.25, 0.3) is 0 Å². The molecule has 0 saturated heterocycles. The van der Waals surface area contributed by atoms with Crippen LogP contribution >= 0.6 is 0 Å². The van der Waals surface area contributed by atoms with E-state index in [1.807, 2.05) is 32.0 Å². The van der Waals surface area contributed by atoms with Gasteiger partial charge in [0.1, 0.15) is 0 Å². The second-order valence-electron chi connectivity index (χ2n) is 4.64. The van der Waals surface area contributed by atoms with Gasteiger partial charge < -0.3 is 10.4 Å². The lowest BCUT2D eigenvalue weighted by Gasteiger charge is -2.08. The van der Waals surface area contributed by atoms with Crippen molar-refractivity contribution in [1.29, 1.82) is 0 Å². The third-order valence-electron chi connectivity index (χ3n) is 3.16. The summed E-state index contributed by atoms with van der Waals surface area (Å²) in [6, 6.07) is 11.5. The Labute approximate surface area is 117 Å². The molecule has 0 unspecified atom stereocenters. The van der Waals surface area contributed by atoms with Gasteiger partial charge in [0.05, 0.1) is 5.56 Å². The normalized spacial score (nSPS) is 10.1. The molecule has 2 N–H and O–H groups in total. The Hall–Kier alpha value is -2.62. The monoisotopic (exact) mass is 269 g/mol. The van der Waals surface area contributed by atoms with Gasteiger partial charge >= 0.3 is 5.97 Å². The van der Waals surface area contributed by atoms with E-state index in [2.05, 4.69) is 5.32 Å². The number of carboxylic acid groups (broad SMARTS) is 1. The van der Waals surface area contributed by atoms with Gasteiger partial charge in [0.25, 0.3) is 5.91 Å². The summed E-state index contributed by atoms with van der Waals surface area (Å²) in [5.41, 5.74) is 3.57. The van der Waals surface area contributed by atoms with Crippen LogP contribution in [0.3, 0.4) is 0 Å². The number of carbonyl (C=O) groups is 2. The van der Waals surface area contributed by atoms with Crippen molar-refractivity contribution in [3.63, 3.8) is 0 Å². The van der Waals surface area contributed by atoms with Crippen LogP contribution in [0.1, 0.15) is 31.8 Å². The Morgan fingerprint density at radius 3 is 2.05 bits per heavy atom. The number of amides is 1. The fourth-order valence-electron chi connectivity index (χ4n) is 1.79. The molecule has 0 saturated carbocycles. The van der Waals surface area contributed by atoms with Crippen molar-refractivity contribution in [3.8, 4) is 0 Å². The van der Waals surface area contributed by atoms with Crippen molar-refractivity contribution in [2.45, 2.75) is 13.8 Å². The van der Waals surface area contributed by atoms with Gasteiger partial charge in [0.2, 0.25) is 0 Å². The number of nitrogens with one attached hydrogen (secondary N) is 1. The zero-order valence-corrected chi connectivity index (χ0v) is 11.3. The van der Waals surface area contributed by atoms with E-state index in [0.29, 0.717) is 5.56 Å². The fraction of sp³-hybridized carbons (Fsp3) is 0.125. The number of carbonyl (C=O) groups excluding carboxylic acids is 1. The molecule has 0 aliphatic carbocycles. The fourth-order valence-corrected chi connectivity index (χ4v) is 1.79. The standard InChI is InChI=1S/C16H15NO3/c1-10-3-8-14(9-11(10)2)17-15(18)12-4-6-13(7-5-12)16(19)20/h3-9H,1-2H3,(H,17,18)(H,19,20). The summed E-state index contributed by atoms with van der Waals surface area (Å²) in [6.45, 7) is 3.98. The quantitative estimate of drug-likeness (QED) is 0.898. The molecule has 0 aliphatic heterocycles. The van der Waals surface area contributed by atoms with Gasteiger partial charge in [-0.15, -0.1) is 0 Å². The van der Waals surface area contributed by atoms with Crippen molar-refractivity contribution in [2.24, 2.45) is 0 Å². The first-order valence-corrected chi connectivity index (χ1v) is 6.19. The number of hydrogen-bond acceptors (Lipinski definition) is 2. The molecule has 0 bridgehead atoms. The van der Waals surface area contributed by atoms with E-state index in [0.717, 1.165) is 16.8 Å². The third kappa shape index (κ3) is 3.03. The first-order valence-electron chi connectivity index (χ1n) is 6.19. The Balaban J connectivity index is 2.15. The summed E-state index contributed by atoms with van der Waals surface area (Å²) >= 11 is 0. The highest BCUT2D eigenvalue weighted by Gasteiger charge is 2.08. The average molecular weight is 269 g/mol. The SMILES string of the molecule is Cc1ccc(NC(=O)c2ccc(C(=O)O)cc2)cc1C. The lowest BCUT2D eigenvalue weighted by Crippen LogP contribution is -2.12. The molecule has 0 heterocycles. The molecule has 0 atom stereocenters. The van der Waals surface area contributed by atoms with E-state index in [1.54, 1.807) is 0 Å². The summed E-state index contributed by atoms with van der Waals surface area (Å²) in [7, 11) is 0. The van der Waals surface area contributed by atoms with Crippen LogP contribution in [0.15, 0.2) is 42.5 Å². The number of benzene rings is 2. The number of rotatable bonds is 3. The zero-order chi connectivity index (χ0) is 14.7. The largest absolute Gasteiger partial charge is 0.478 e. The molecule has 2 aromatic rings. The highest BCUT2D eigenvalue weighted by atomic mass is 16.4. The number of anilines is 1. The molecule has 0 aliphatic rings. The maximum Gasteiger partial charge on any atom is 0.335 e. The van der Waals surface area contributed by atoms with Gasteiger partial charge in [0.15, 0.2) is 0 Å². The minimum Gasteiger partial charge on any atom is -0.478 e. The van der Waals surface area contributed by atoms with Crippen molar-refractivity contribution < 1.29 is 14.7 Å². The second kappa shape index (κ2) is 5.57. The molecular formula is C16H15NO3. The Morgan fingerprint density at radius 2 is 1.50 bits per heavy atom. The van der Waals surface area contributed by atoms with Crippen molar-refractivity contribution in [2.75, 3.05) is 5.32 Å². The Morgan fingerprint density at radius 1 is 0.900 bits per heavy atom. The highest BCUT2D eigenvalue weighted by Crippen LogP contribution is 2.15. The molecule has 0 fully saturated rings. The minimum absolute atomic E-state index is 0.160. The summed E-state index contributed by atoms with van der Waals surface area (Å²) in [6.07, 6.45) is 0. The van der Waals surface area contributed by atoms with Crippen LogP contribution in [0.2, 0.25) is 0 Å². The van der Waals surface area contributed by atoms with Gasteiger partial charge in [-0.1, -0.05) is 6.07 Å². The molecule has 2 aromatic carbocycles. The van der Waals surface area contributed by atoms with Crippen LogP contribution in [0.5, 0.6) is 0 Å². The van der Waals surface area contributed by atoms with Crippen LogP contribution in [-0.4, -0.2) is 17.0 Å². The van der Waals surface area contributed by atoms with Gasteiger partial charge in [-0.25, -0.2) is 4.79 Å². The number of carboxylic acids is 1. The minimum atomic E-state index is -1.01. The zero-order valence-electron chi connectivity index (χ0n) is 11.3. The van der Waals surface area contributed by atoms with Crippen molar-refractivity contribution in [3.05, 3.63) is 64.7 Å². The topological polar surface area (TPSA) is 66.4 Å². The Kier molecular flexibility index (Phi) is 3.84. The molecule has 1 amide bonds. The smallest absolute Gasteiger partial charge is 0.335 e. The van der Waals surface area contributed by atoms with Crippen LogP contribution in [0.4, 0.5) is 5.69 Å². The van der Waals surface area contributed by atoms with E-state index in [-0.39, 0.29) is 11.5 Å². The molecule has 2 rings (SSSR count). The summed E-state index contributed by atoms with van der Waals surface area (Å²) < 4.78 is 0. The molecule has 4 heteroatoms. The number of aromatic carboxylic acids is 1. The Bertz CT molecular complexity index is 660. The lowest BCUT2D eigenvalue weighted by atomic mass is 10.1. The van der Waals surface area contributed by atoms with Crippen LogP contribution in [-0.2, 0) is 0 Å². The van der Waals surface area contributed by atoms with E-state index in [1.165, 1.54) is 24.3 Å². The molecule has 0 spiro atoms. The van der Waals surface area contributed by atoms with Crippen LogP contribution < -0.4 is 5.32 Å². The van der Waals surface area contributed by atoms with Gasteiger partial charge in [-0.3, -0.25) is 4.79 Å². The third-order valence-corrected chi connectivity index (χ3v) is 3.16. The van der Waals surface area contributed by atoms with E-state index < -0.39 is 5.97 Å². The van der Waals surface area contributed by atoms with Crippen LogP contribution in [0, 0.1) is 13.8 Å². The number of hydrogen-bond donors (Lipinski definition) is 2. The first kappa shape index (κ1) is 13.8. The summed E-state index contributed by atoms with van der Waals surface area (Å²) in [5.74, 6) is -1.27. The molecule has 20 heavy (non-hydrogen) atoms. The molecule has 0 radical (unpaired) electrons. The maximum atomic E-state index is 12.0. The summed E-state index contributed by atoms with van der Waals surface area (Å²) in [4.78, 5) is 22.8. The van der Waals surface area contributed by atoms with Gasteiger partial charge in [-0.05, 0) is 61.4 Å². The van der Waals surface area contributed by atoms with E-state index in [9.17, 15) is 9.59 Å². The highest BCUT2D eigenvalue weighted by molar-refractivity contribution is 6.04. The van der Waals surface area contributed by atoms with E-state index in [4.69, 9.17) is 5.11 Å². The molecular weight excluding hydrogens is 254 g/mol. The average Bonchev–Trinajstić information content (AvgIpc) is 2.43. The second-order valence-corrected chi connectivity index (χ2v) is 4.64. The van der Waals surface area contributed by atoms with Gasteiger partial charge in [-0.2, -0.15) is 0 Å². The first-order chi connectivity index (χ1) is 9.47. The summed E-state index contributed by atoms with van der Waals surface area (Å²) in [5, 5.41) is 11.6. The maximum absolute atomic E-state index is 12.0. The predicted molar refractivity (Wildman–Crippen MR) is 77.3 cm³/mol. The predicted octanol–water partition coefficient (Wildman–Crippen LogP) is 3.25.